The lowest BCUT2D eigenvalue weighted by Crippen LogP contribution is -1.85. The summed E-state index contributed by atoms with van der Waals surface area (Å²) in [5.74, 6) is 0. The predicted octanol–water partition coefficient (Wildman–Crippen LogP) is 17.2. The molecular formula is C48H100O2. The van der Waals surface area contributed by atoms with Gasteiger partial charge in [-0.1, -0.05) is 284 Å². The van der Waals surface area contributed by atoms with Crippen molar-refractivity contribution in [2.75, 3.05) is 13.2 Å². The third-order valence-corrected chi connectivity index (χ3v) is 11.0. The fraction of sp³-hybridized carbons (Fsp3) is 1.00. The monoisotopic (exact) mass is 709 g/mol. The maximum atomic E-state index is 8.72. The van der Waals surface area contributed by atoms with Crippen LogP contribution in [-0.4, -0.2) is 23.4 Å². The molecule has 0 aromatic heterocycles. The van der Waals surface area contributed by atoms with Crippen molar-refractivity contribution in [3.8, 4) is 0 Å². The number of hydrogen-bond donors (Lipinski definition) is 2. The van der Waals surface area contributed by atoms with Crippen LogP contribution in [0.15, 0.2) is 0 Å². The van der Waals surface area contributed by atoms with E-state index in [0.717, 1.165) is 12.8 Å². The van der Waals surface area contributed by atoms with Crippen LogP contribution in [0.1, 0.15) is 296 Å². The zero-order valence-electron chi connectivity index (χ0n) is 35.4. The van der Waals surface area contributed by atoms with E-state index in [1.807, 2.05) is 0 Å². The summed E-state index contributed by atoms with van der Waals surface area (Å²) in [6, 6.07) is 0. The SMILES string of the molecule is CCCCCCCCCCCCCCCCCCCCCCCCO.CCCCCCCCCCCCCCCCCCCCCCCCO. The Morgan fingerprint density at radius 1 is 0.160 bits per heavy atom. The van der Waals surface area contributed by atoms with E-state index in [9.17, 15) is 0 Å². The number of hydrogen-bond acceptors (Lipinski definition) is 2. The summed E-state index contributed by atoms with van der Waals surface area (Å²) < 4.78 is 0. The van der Waals surface area contributed by atoms with E-state index in [2.05, 4.69) is 13.8 Å². The van der Waals surface area contributed by atoms with E-state index in [0.29, 0.717) is 13.2 Å². The summed E-state index contributed by atoms with van der Waals surface area (Å²) in [5.41, 5.74) is 0. The minimum atomic E-state index is 0.374. The zero-order chi connectivity index (χ0) is 36.5. The molecular weight excluding hydrogens is 609 g/mol. The van der Waals surface area contributed by atoms with E-state index in [1.54, 1.807) is 0 Å². The molecule has 0 heterocycles. The highest BCUT2D eigenvalue weighted by atomic mass is 16.3. The van der Waals surface area contributed by atoms with Gasteiger partial charge in [0.1, 0.15) is 0 Å². The average Bonchev–Trinajstić information content (AvgIpc) is 3.13. The van der Waals surface area contributed by atoms with Crippen molar-refractivity contribution in [1.82, 2.24) is 0 Å². The zero-order valence-corrected chi connectivity index (χ0v) is 35.4. The molecule has 50 heavy (non-hydrogen) atoms. The van der Waals surface area contributed by atoms with E-state index >= 15 is 0 Å². The molecule has 0 aromatic carbocycles. The molecule has 0 rings (SSSR count). The molecule has 0 bridgehead atoms. The Labute approximate surface area is 318 Å². The molecule has 0 radical (unpaired) electrons. The van der Waals surface area contributed by atoms with Crippen molar-refractivity contribution in [1.29, 1.82) is 0 Å². The first-order valence-electron chi connectivity index (χ1n) is 24.0. The number of unbranched alkanes of at least 4 members (excludes halogenated alkanes) is 42. The van der Waals surface area contributed by atoms with Crippen LogP contribution in [0.25, 0.3) is 0 Å². The average molecular weight is 709 g/mol. The van der Waals surface area contributed by atoms with E-state index in [4.69, 9.17) is 10.2 Å². The molecule has 0 unspecified atom stereocenters. The normalized spacial score (nSPS) is 11.3. The van der Waals surface area contributed by atoms with Crippen LogP contribution >= 0.6 is 0 Å². The molecule has 304 valence electrons. The van der Waals surface area contributed by atoms with Gasteiger partial charge in [0, 0.05) is 13.2 Å². The van der Waals surface area contributed by atoms with Gasteiger partial charge in [-0.25, -0.2) is 0 Å². The summed E-state index contributed by atoms with van der Waals surface area (Å²) in [7, 11) is 0. The van der Waals surface area contributed by atoms with Crippen LogP contribution in [0.5, 0.6) is 0 Å². The quantitative estimate of drug-likeness (QED) is 0.0619. The maximum Gasteiger partial charge on any atom is 0.0431 e. The second kappa shape index (κ2) is 53.3. The van der Waals surface area contributed by atoms with Gasteiger partial charge in [-0.3, -0.25) is 0 Å². The molecule has 0 aliphatic carbocycles. The number of aliphatic hydroxyl groups is 2. The maximum absolute atomic E-state index is 8.72. The molecule has 2 N–H and O–H groups in total. The molecule has 2 heteroatoms. The summed E-state index contributed by atoms with van der Waals surface area (Å²) in [5, 5.41) is 17.4. The fourth-order valence-electron chi connectivity index (χ4n) is 7.44. The second-order valence-corrected chi connectivity index (χ2v) is 16.3. The first-order valence-corrected chi connectivity index (χ1v) is 24.0. The third kappa shape index (κ3) is 54.7. The lowest BCUT2D eigenvalue weighted by Gasteiger charge is -2.04. The summed E-state index contributed by atoms with van der Waals surface area (Å²) in [4.78, 5) is 0. The van der Waals surface area contributed by atoms with Gasteiger partial charge in [0.05, 0.1) is 0 Å². The third-order valence-electron chi connectivity index (χ3n) is 11.0. The van der Waals surface area contributed by atoms with Gasteiger partial charge >= 0.3 is 0 Å². The lowest BCUT2D eigenvalue weighted by atomic mass is 10.0. The Balaban J connectivity index is 0. The Hall–Kier alpha value is -0.0800. The molecule has 0 aliphatic rings. The van der Waals surface area contributed by atoms with Gasteiger partial charge in [-0.2, -0.15) is 0 Å². The first kappa shape index (κ1) is 52.0. The summed E-state index contributed by atoms with van der Waals surface area (Å²) in [6.45, 7) is 5.34. The molecule has 0 atom stereocenters. The minimum Gasteiger partial charge on any atom is -0.396 e. The summed E-state index contributed by atoms with van der Waals surface area (Å²) in [6.07, 6.45) is 62.2. The van der Waals surface area contributed by atoms with E-state index in [1.165, 1.54) is 270 Å². The highest BCUT2D eigenvalue weighted by Gasteiger charge is 1.97. The van der Waals surface area contributed by atoms with Crippen LogP contribution in [0.2, 0.25) is 0 Å². The van der Waals surface area contributed by atoms with Crippen molar-refractivity contribution in [3.63, 3.8) is 0 Å². The highest BCUT2D eigenvalue weighted by molar-refractivity contribution is 4.53. The predicted molar refractivity (Wildman–Crippen MR) is 229 cm³/mol. The van der Waals surface area contributed by atoms with E-state index in [-0.39, 0.29) is 0 Å². The first-order chi connectivity index (χ1) is 24.8. The second-order valence-electron chi connectivity index (χ2n) is 16.3. The fourth-order valence-corrected chi connectivity index (χ4v) is 7.44. The Morgan fingerprint density at radius 3 is 0.360 bits per heavy atom. The largest absolute Gasteiger partial charge is 0.396 e. The Kier molecular flexibility index (Phi) is 55.4. The molecule has 0 fully saturated rings. The molecule has 0 amide bonds. The van der Waals surface area contributed by atoms with Crippen molar-refractivity contribution < 1.29 is 10.2 Å². The smallest absolute Gasteiger partial charge is 0.0431 e. The van der Waals surface area contributed by atoms with Crippen molar-refractivity contribution >= 4 is 0 Å². The van der Waals surface area contributed by atoms with Crippen molar-refractivity contribution in [2.24, 2.45) is 0 Å². The van der Waals surface area contributed by atoms with Crippen LogP contribution < -0.4 is 0 Å². The molecule has 0 saturated carbocycles. The lowest BCUT2D eigenvalue weighted by molar-refractivity contribution is 0.282. The molecule has 0 saturated heterocycles. The number of aliphatic hydroxyl groups excluding tert-OH is 2. The molecule has 0 aromatic rings. The molecule has 0 aliphatic heterocycles. The number of rotatable bonds is 44. The Morgan fingerprint density at radius 2 is 0.260 bits per heavy atom. The van der Waals surface area contributed by atoms with Crippen LogP contribution in [0.3, 0.4) is 0 Å². The van der Waals surface area contributed by atoms with Crippen molar-refractivity contribution in [3.05, 3.63) is 0 Å². The van der Waals surface area contributed by atoms with Gasteiger partial charge < -0.3 is 10.2 Å². The highest BCUT2D eigenvalue weighted by Crippen LogP contribution is 2.17. The van der Waals surface area contributed by atoms with E-state index < -0.39 is 0 Å². The molecule has 0 spiro atoms. The van der Waals surface area contributed by atoms with Gasteiger partial charge in [0.15, 0.2) is 0 Å². The van der Waals surface area contributed by atoms with Crippen LogP contribution in [0, 0.1) is 0 Å². The van der Waals surface area contributed by atoms with Crippen molar-refractivity contribution in [2.45, 2.75) is 296 Å². The topological polar surface area (TPSA) is 40.5 Å². The van der Waals surface area contributed by atoms with Crippen LogP contribution in [-0.2, 0) is 0 Å². The van der Waals surface area contributed by atoms with Crippen LogP contribution in [0.4, 0.5) is 0 Å². The summed E-state index contributed by atoms with van der Waals surface area (Å²) >= 11 is 0. The van der Waals surface area contributed by atoms with Gasteiger partial charge in [-0.05, 0) is 12.8 Å². The standard InChI is InChI=1S/2C24H50O/c2*1-2-3-4-5-6-7-8-9-10-11-12-13-14-15-16-17-18-19-20-21-22-23-24-25/h2*25H,2-24H2,1H3. The molecule has 2 nitrogen and oxygen atoms in total. The van der Waals surface area contributed by atoms with Gasteiger partial charge in [0.25, 0.3) is 0 Å². The Bertz CT molecular complexity index is 430. The van der Waals surface area contributed by atoms with Gasteiger partial charge in [-0.15, -0.1) is 0 Å². The minimum absolute atomic E-state index is 0.374. The van der Waals surface area contributed by atoms with Gasteiger partial charge in [0.2, 0.25) is 0 Å².